The Labute approximate surface area is 192 Å². The van der Waals surface area contributed by atoms with E-state index in [0.717, 1.165) is 43.5 Å². The summed E-state index contributed by atoms with van der Waals surface area (Å²) in [5, 5.41) is 3.21. The fraction of sp³-hybridized carbons (Fsp3) is 0.308. The van der Waals surface area contributed by atoms with Crippen LogP contribution in [0.25, 0.3) is 11.3 Å². The zero-order valence-corrected chi connectivity index (χ0v) is 18.3. The Morgan fingerprint density at radius 1 is 1.06 bits per heavy atom. The van der Waals surface area contributed by atoms with Gasteiger partial charge in [-0.3, -0.25) is 9.78 Å². The zero-order chi connectivity index (χ0) is 22.6. The normalized spacial score (nSPS) is 20.1. The number of hydrogen-bond acceptors (Lipinski definition) is 5. The lowest BCUT2D eigenvalue weighted by molar-refractivity contribution is -0.134. The summed E-state index contributed by atoms with van der Waals surface area (Å²) in [6, 6.07) is 12.0. The lowest BCUT2D eigenvalue weighted by Gasteiger charge is -2.24. The molecule has 5 rings (SSSR count). The van der Waals surface area contributed by atoms with E-state index >= 15 is 0 Å². The smallest absolute Gasteiger partial charge is 0.226 e. The standard InChI is InChI=1S/C26H26FN5O/c27-21-7-4-8-22(15-21)29-24-16-23(18-9-12-28-13-10-18)30-25(31-24)20-11-14-32(17-20)26(33)19-5-2-1-3-6-19/h1-2,4,7-10,12-13,15-16,19-20H,3,5-6,11,14,17H2,(H,29,30,31)/t19-,20+/m0/s1. The first-order valence-corrected chi connectivity index (χ1v) is 11.4. The molecule has 3 aromatic rings. The van der Waals surface area contributed by atoms with Gasteiger partial charge in [-0.15, -0.1) is 0 Å². The number of likely N-dealkylation sites (tertiary alicyclic amines) is 1. The molecule has 1 aliphatic carbocycles. The summed E-state index contributed by atoms with van der Waals surface area (Å²) < 4.78 is 13.7. The Kier molecular flexibility index (Phi) is 6.11. The van der Waals surface area contributed by atoms with Crippen molar-refractivity contribution in [2.75, 3.05) is 18.4 Å². The first-order chi connectivity index (χ1) is 16.2. The van der Waals surface area contributed by atoms with E-state index in [-0.39, 0.29) is 23.6 Å². The topological polar surface area (TPSA) is 71.0 Å². The second kappa shape index (κ2) is 9.48. The second-order valence-corrected chi connectivity index (χ2v) is 8.62. The Morgan fingerprint density at radius 2 is 1.94 bits per heavy atom. The molecular formula is C26H26FN5O. The number of pyridine rings is 1. The van der Waals surface area contributed by atoms with E-state index in [0.29, 0.717) is 23.9 Å². The molecule has 1 fully saturated rings. The molecule has 33 heavy (non-hydrogen) atoms. The highest BCUT2D eigenvalue weighted by molar-refractivity contribution is 5.79. The Hall–Kier alpha value is -3.61. The number of anilines is 2. The summed E-state index contributed by atoms with van der Waals surface area (Å²) in [6.45, 7) is 1.34. The average Bonchev–Trinajstić information content (AvgIpc) is 3.35. The van der Waals surface area contributed by atoms with Crippen LogP contribution < -0.4 is 5.32 Å². The van der Waals surface area contributed by atoms with Gasteiger partial charge in [-0.05, 0) is 56.0 Å². The molecule has 1 amide bonds. The van der Waals surface area contributed by atoms with Crippen LogP contribution in [0.3, 0.4) is 0 Å². The van der Waals surface area contributed by atoms with E-state index in [1.807, 2.05) is 23.1 Å². The van der Waals surface area contributed by atoms with Gasteiger partial charge in [0.1, 0.15) is 17.5 Å². The van der Waals surface area contributed by atoms with E-state index in [2.05, 4.69) is 22.5 Å². The molecule has 0 unspecified atom stereocenters. The molecule has 1 N–H and O–H groups in total. The number of benzene rings is 1. The minimum Gasteiger partial charge on any atom is -0.342 e. The number of halogens is 1. The SMILES string of the molecule is O=C([C@H]1CC=CCC1)N1CC[C@@H](c2nc(Nc3cccc(F)c3)cc(-c3ccncc3)n2)C1. The summed E-state index contributed by atoms with van der Waals surface area (Å²) in [4.78, 5) is 28.7. The molecule has 6 nitrogen and oxygen atoms in total. The lowest BCUT2D eigenvalue weighted by Crippen LogP contribution is -2.34. The lowest BCUT2D eigenvalue weighted by atomic mass is 9.93. The second-order valence-electron chi connectivity index (χ2n) is 8.62. The molecule has 2 atom stereocenters. The highest BCUT2D eigenvalue weighted by atomic mass is 19.1. The summed E-state index contributed by atoms with van der Waals surface area (Å²) in [5.41, 5.74) is 2.31. The third-order valence-corrected chi connectivity index (χ3v) is 6.30. The Balaban J connectivity index is 1.41. The number of carbonyl (C=O) groups excluding carboxylic acids is 1. The van der Waals surface area contributed by atoms with Gasteiger partial charge in [-0.2, -0.15) is 0 Å². The third kappa shape index (κ3) is 4.92. The molecule has 7 heteroatoms. The van der Waals surface area contributed by atoms with Crippen LogP contribution >= 0.6 is 0 Å². The van der Waals surface area contributed by atoms with Gasteiger partial charge in [-0.1, -0.05) is 18.2 Å². The van der Waals surface area contributed by atoms with Gasteiger partial charge in [0.2, 0.25) is 5.91 Å². The molecule has 1 aliphatic heterocycles. The fourth-order valence-corrected chi connectivity index (χ4v) is 4.54. The minimum absolute atomic E-state index is 0.0583. The Morgan fingerprint density at radius 3 is 2.73 bits per heavy atom. The van der Waals surface area contributed by atoms with Crippen molar-refractivity contribution in [3.63, 3.8) is 0 Å². The quantitative estimate of drug-likeness (QED) is 0.556. The average molecular weight is 444 g/mol. The van der Waals surface area contributed by atoms with Crippen LogP contribution in [-0.2, 0) is 4.79 Å². The maximum absolute atomic E-state index is 13.7. The predicted octanol–water partition coefficient (Wildman–Crippen LogP) is 5.09. The van der Waals surface area contributed by atoms with Crippen LogP contribution in [0.4, 0.5) is 15.9 Å². The summed E-state index contributed by atoms with van der Waals surface area (Å²) in [5.74, 6) is 1.36. The zero-order valence-electron chi connectivity index (χ0n) is 18.3. The van der Waals surface area contributed by atoms with Gasteiger partial charge in [0.15, 0.2) is 0 Å². The van der Waals surface area contributed by atoms with Crippen molar-refractivity contribution in [3.05, 3.63) is 78.7 Å². The number of nitrogens with zero attached hydrogens (tertiary/aromatic N) is 4. The molecule has 3 heterocycles. The molecule has 0 spiro atoms. The molecule has 168 valence electrons. The van der Waals surface area contributed by atoms with Gasteiger partial charge in [0, 0.05) is 54.6 Å². The number of nitrogens with one attached hydrogen (secondary N) is 1. The number of rotatable bonds is 5. The molecular weight excluding hydrogens is 417 g/mol. The summed E-state index contributed by atoms with van der Waals surface area (Å²) in [7, 11) is 0. The highest BCUT2D eigenvalue weighted by Crippen LogP contribution is 2.31. The van der Waals surface area contributed by atoms with E-state index in [4.69, 9.17) is 9.97 Å². The van der Waals surface area contributed by atoms with E-state index < -0.39 is 0 Å². The van der Waals surface area contributed by atoms with Crippen molar-refractivity contribution in [3.8, 4) is 11.3 Å². The van der Waals surface area contributed by atoms with Gasteiger partial charge in [-0.25, -0.2) is 14.4 Å². The van der Waals surface area contributed by atoms with Crippen LogP contribution in [0.1, 0.15) is 37.4 Å². The minimum atomic E-state index is -0.314. The largest absolute Gasteiger partial charge is 0.342 e. The Bertz CT molecular complexity index is 1170. The van der Waals surface area contributed by atoms with Gasteiger partial charge < -0.3 is 10.2 Å². The van der Waals surface area contributed by atoms with E-state index in [1.54, 1.807) is 24.5 Å². The van der Waals surface area contributed by atoms with Crippen LogP contribution in [0.15, 0.2) is 67.0 Å². The van der Waals surface area contributed by atoms with Gasteiger partial charge in [0.05, 0.1) is 5.69 Å². The number of carbonyl (C=O) groups is 1. The van der Waals surface area contributed by atoms with Crippen molar-refractivity contribution in [1.29, 1.82) is 0 Å². The van der Waals surface area contributed by atoms with E-state index in [9.17, 15) is 9.18 Å². The molecule has 0 radical (unpaired) electrons. The van der Waals surface area contributed by atoms with Gasteiger partial charge >= 0.3 is 0 Å². The van der Waals surface area contributed by atoms with Crippen LogP contribution in [-0.4, -0.2) is 38.8 Å². The van der Waals surface area contributed by atoms with E-state index in [1.165, 1.54) is 12.1 Å². The van der Waals surface area contributed by atoms with Gasteiger partial charge in [0.25, 0.3) is 0 Å². The molecule has 2 aromatic heterocycles. The monoisotopic (exact) mass is 443 g/mol. The first-order valence-electron chi connectivity index (χ1n) is 11.4. The van der Waals surface area contributed by atoms with Crippen LogP contribution in [0.5, 0.6) is 0 Å². The van der Waals surface area contributed by atoms with Crippen molar-refractivity contribution in [2.24, 2.45) is 5.92 Å². The first kappa shape index (κ1) is 21.2. The summed E-state index contributed by atoms with van der Waals surface area (Å²) >= 11 is 0. The molecule has 2 aliphatic rings. The maximum Gasteiger partial charge on any atom is 0.226 e. The fourth-order valence-electron chi connectivity index (χ4n) is 4.54. The molecule has 0 saturated carbocycles. The third-order valence-electron chi connectivity index (χ3n) is 6.30. The number of hydrogen-bond donors (Lipinski definition) is 1. The molecule has 1 saturated heterocycles. The molecule has 0 bridgehead atoms. The molecule has 1 aromatic carbocycles. The highest BCUT2D eigenvalue weighted by Gasteiger charge is 2.33. The maximum atomic E-state index is 13.7. The summed E-state index contributed by atoms with van der Waals surface area (Å²) in [6.07, 6.45) is 11.3. The number of amides is 1. The van der Waals surface area contributed by atoms with Crippen molar-refractivity contribution in [2.45, 2.75) is 31.6 Å². The number of allylic oxidation sites excluding steroid dienone is 2. The van der Waals surface area contributed by atoms with Crippen molar-refractivity contribution >= 4 is 17.4 Å². The van der Waals surface area contributed by atoms with Crippen molar-refractivity contribution in [1.82, 2.24) is 19.9 Å². The van der Waals surface area contributed by atoms with Crippen molar-refractivity contribution < 1.29 is 9.18 Å². The number of aromatic nitrogens is 3. The van der Waals surface area contributed by atoms with Crippen LogP contribution in [0, 0.1) is 11.7 Å². The van der Waals surface area contributed by atoms with Crippen LogP contribution in [0.2, 0.25) is 0 Å². The predicted molar refractivity (Wildman–Crippen MR) is 125 cm³/mol.